The zero-order valence-corrected chi connectivity index (χ0v) is 8.13. The van der Waals surface area contributed by atoms with Crippen molar-refractivity contribution in [3.8, 4) is 6.07 Å². The molecule has 0 aliphatic rings. The molecule has 0 radical (unpaired) electrons. The summed E-state index contributed by atoms with van der Waals surface area (Å²) in [4.78, 5) is 3.95. The topological polar surface area (TPSA) is 65.9 Å². The smallest absolute Gasteiger partial charge is 0.149 e. The second-order valence-electron chi connectivity index (χ2n) is 2.69. The quantitative estimate of drug-likeness (QED) is 0.417. The van der Waals surface area contributed by atoms with E-state index < -0.39 is 0 Å². The Morgan fingerprint density at radius 2 is 2.31 bits per heavy atom. The molecule has 5 heteroatoms. The third-order valence-electron chi connectivity index (χ3n) is 1.63. The molecular weight excluding hydrogens is 188 g/mol. The van der Waals surface area contributed by atoms with Crippen molar-refractivity contribution in [2.75, 3.05) is 12.1 Å². The maximum Gasteiger partial charge on any atom is 0.149 e. The highest BCUT2D eigenvalue weighted by Crippen LogP contribution is 2.20. The lowest BCUT2D eigenvalue weighted by Gasteiger charge is -2.12. The molecule has 0 fully saturated rings. The number of pyridine rings is 1. The molecule has 0 amide bonds. The van der Waals surface area contributed by atoms with Crippen molar-refractivity contribution in [1.82, 2.24) is 4.98 Å². The predicted molar refractivity (Wildman–Crippen MR) is 51.3 cm³/mol. The minimum Gasteiger partial charge on any atom is -0.298 e. The highest BCUT2D eigenvalue weighted by atomic mass is 35.5. The van der Waals surface area contributed by atoms with E-state index in [0.717, 1.165) is 5.56 Å². The molecule has 0 aliphatic heterocycles. The number of aryl methyl sites for hydroxylation is 1. The first-order valence-corrected chi connectivity index (χ1v) is 3.99. The van der Waals surface area contributed by atoms with Crippen LogP contribution in [0, 0.1) is 18.3 Å². The van der Waals surface area contributed by atoms with Gasteiger partial charge in [0.1, 0.15) is 17.0 Å². The summed E-state index contributed by atoms with van der Waals surface area (Å²) in [6, 6.07) is 3.69. The summed E-state index contributed by atoms with van der Waals surface area (Å²) >= 11 is 5.76. The molecule has 1 heterocycles. The predicted octanol–water partition coefficient (Wildman–Crippen LogP) is 1.22. The van der Waals surface area contributed by atoms with Crippen LogP contribution < -0.4 is 10.9 Å². The Hall–Kier alpha value is -1.31. The van der Waals surface area contributed by atoms with E-state index in [1.165, 1.54) is 5.01 Å². The maximum absolute atomic E-state index is 8.71. The number of aromatic nitrogens is 1. The van der Waals surface area contributed by atoms with Gasteiger partial charge in [0.2, 0.25) is 0 Å². The number of halogens is 1. The molecule has 0 atom stereocenters. The molecule has 2 N–H and O–H groups in total. The molecule has 0 saturated heterocycles. The van der Waals surface area contributed by atoms with Crippen LogP contribution in [0.1, 0.15) is 11.1 Å². The van der Waals surface area contributed by atoms with E-state index in [2.05, 4.69) is 4.98 Å². The van der Waals surface area contributed by atoms with Gasteiger partial charge in [0, 0.05) is 7.05 Å². The number of hydrogen-bond acceptors (Lipinski definition) is 4. The average molecular weight is 197 g/mol. The minimum absolute atomic E-state index is 0.190. The van der Waals surface area contributed by atoms with Gasteiger partial charge in [-0.3, -0.25) is 5.01 Å². The number of nitriles is 1. The highest BCUT2D eigenvalue weighted by Gasteiger charge is 2.08. The SMILES string of the molecule is Cc1cc(N(C)N)nc(Cl)c1C#N. The third-order valence-corrected chi connectivity index (χ3v) is 1.91. The summed E-state index contributed by atoms with van der Waals surface area (Å²) in [5, 5.41) is 10.2. The van der Waals surface area contributed by atoms with Crippen LogP contribution in [0.2, 0.25) is 5.15 Å². The maximum atomic E-state index is 8.71. The molecule has 0 bridgehead atoms. The van der Waals surface area contributed by atoms with Gasteiger partial charge in [-0.25, -0.2) is 10.8 Å². The van der Waals surface area contributed by atoms with Gasteiger partial charge in [-0.05, 0) is 18.6 Å². The second kappa shape index (κ2) is 3.60. The zero-order valence-electron chi connectivity index (χ0n) is 7.37. The van der Waals surface area contributed by atoms with Gasteiger partial charge in [-0.1, -0.05) is 11.6 Å². The van der Waals surface area contributed by atoms with Crippen molar-refractivity contribution in [1.29, 1.82) is 5.26 Å². The largest absolute Gasteiger partial charge is 0.298 e. The van der Waals surface area contributed by atoms with Crippen molar-refractivity contribution >= 4 is 17.4 Å². The molecule has 1 rings (SSSR count). The Morgan fingerprint density at radius 1 is 1.69 bits per heavy atom. The van der Waals surface area contributed by atoms with E-state index in [4.69, 9.17) is 22.7 Å². The van der Waals surface area contributed by atoms with E-state index in [-0.39, 0.29) is 5.15 Å². The average Bonchev–Trinajstić information content (AvgIpc) is 2.03. The monoisotopic (exact) mass is 196 g/mol. The molecule has 0 unspecified atom stereocenters. The van der Waals surface area contributed by atoms with Gasteiger partial charge in [0.05, 0.1) is 5.56 Å². The Labute approximate surface area is 81.5 Å². The van der Waals surface area contributed by atoms with E-state index >= 15 is 0 Å². The number of hydrazine groups is 1. The van der Waals surface area contributed by atoms with Crippen molar-refractivity contribution in [3.05, 3.63) is 22.3 Å². The standard InChI is InChI=1S/C8H9ClN4/c1-5-3-7(13(2)11)12-8(9)6(5)4-10/h3H,11H2,1-2H3. The van der Waals surface area contributed by atoms with Crippen molar-refractivity contribution in [2.45, 2.75) is 6.92 Å². The normalized spacial score (nSPS) is 9.46. The summed E-state index contributed by atoms with van der Waals surface area (Å²) < 4.78 is 0. The Bertz CT molecular complexity index is 344. The minimum atomic E-state index is 0.190. The van der Waals surface area contributed by atoms with E-state index in [9.17, 15) is 0 Å². The van der Waals surface area contributed by atoms with Gasteiger partial charge < -0.3 is 0 Å². The van der Waals surface area contributed by atoms with Crippen LogP contribution >= 0.6 is 11.6 Å². The van der Waals surface area contributed by atoms with Crippen molar-refractivity contribution in [2.24, 2.45) is 5.84 Å². The highest BCUT2D eigenvalue weighted by molar-refractivity contribution is 6.30. The molecule has 13 heavy (non-hydrogen) atoms. The van der Waals surface area contributed by atoms with Crippen LogP contribution in [0.25, 0.3) is 0 Å². The summed E-state index contributed by atoms with van der Waals surface area (Å²) in [6.45, 7) is 1.79. The number of anilines is 1. The second-order valence-corrected chi connectivity index (χ2v) is 3.04. The number of hydrogen-bond donors (Lipinski definition) is 1. The van der Waals surface area contributed by atoms with Gasteiger partial charge in [0.25, 0.3) is 0 Å². The van der Waals surface area contributed by atoms with Gasteiger partial charge in [0.15, 0.2) is 0 Å². The first kappa shape index (κ1) is 9.78. The fourth-order valence-electron chi connectivity index (χ4n) is 0.932. The van der Waals surface area contributed by atoms with Gasteiger partial charge in [-0.2, -0.15) is 5.26 Å². The Morgan fingerprint density at radius 3 is 2.69 bits per heavy atom. The van der Waals surface area contributed by atoms with Crippen LogP contribution in [-0.2, 0) is 0 Å². The third kappa shape index (κ3) is 1.89. The first-order valence-electron chi connectivity index (χ1n) is 3.62. The van der Waals surface area contributed by atoms with Crippen LogP contribution in [0.15, 0.2) is 6.07 Å². The number of rotatable bonds is 1. The van der Waals surface area contributed by atoms with Crippen molar-refractivity contribution in [3.63, 3.8) is 0 Å². The summed E-state index contributed by atoms with van der Waals surface area (Å²) in [5.74, 6) is 6.02. The molecule has 0 aromatic carbocycles. The molecule has 68 valence electrons. The van der Waals surface area contributed by atoms with Crippen LogP contribution in [0.5, 0.6) is 0 Å². The Kier molecular flexibility index (Phi) is 2.71. The molecule has 0 saturated carbocycles. The van der Waals surface area contributed by atoms with Gasteiger partial charge in [-0.15, -0.1) is 0 Å². The summed E-state index contributed by atoms with van der Waals surface area (Å²) in [6.07, 6.45) is 0. The first-order chi connectivity index (χ1) is 6.06. The van der Waals surface area contributed by atoms with Crippen LogP contribution in [-0.4, -0.2) is 12.0 Å². The lowest BCUT2D eigenvalue weighted by atomic mass is 10.2. The zero-order chi connectivity index (χ0) is 10.0. The molecular formula is C8H9ClN4. The molecule has 0 aliphatic carbocycles. The fraction of sp³-hybridized carbons (Fsp3) is 0.250. The summed E-state index contributed by atoms with van der Waals surface area (Å²) in [5.41, 5.74) is 1.17. The van der Waals surface area contributed by atoms with Crippen LogP contribution in [0.3, 0.4) is 0 Å². The van der Waals surface area contributed by atoms with Crippen molar-refractivity contribution < 1.29 is 0 Å². The molecule has 0 spiro atoms. The molecule has 4 nitrogen and oxygen atoms in total. The molecule has 1 aromatic rings. The Balaban J connectivity index is 3.30. The lowest BCUT2D eigenvalue weighted by molar-refractivity contribution is 0.972. The number of nitrogens with two attached hydrogens (primary N) is 1. The van der Waals surface area contributed by atoms with E-state index in [1.807, 2.05) is 6.07 Å². The van der Waals surface area contributed by atoms with E-state index in [1.54, 1.807) is 20.0 Å². The van der Waals surface area contributed by atoms with Crippen LogP contribution in [0.4, 0.5) is 5.82 Å². The fourth-order valence-corrected chi connectivity index (χ4v) is 1.21. The number of nitrogens with zero attached hydrogens (tertiary/aromatic N) is 3. The van der Waals surface area contributed by atoms with Gasteiger partial charge >= 0.3 is 0 Å². The van der Waals surface area contributed by atoms with E-state index in [0.29, 0.717) is 11.4 Å². The molecule has 1 aromatic heterocycles. The summed E-state index contributed by atoms with van der Waals surface area (Å²) in [7, 11) is 1.66. The lowest BCUT2D eigenvalue weighted by Crippen LogP contribution is -2.26.